The summed E-state index contributed by atoms with van der Waals surface area (Å²) >= 11 is 0. The number of anilines is 1. The number of aryl methyl sites for hydroxylation is 1. The number of methoxy groups -OCH3 is 1. The van der Waals surface area contributed by atoms with Crippen molar-refractivity contribution in [3.63, 3.8) is 0 Å². The summed E-state index contributed by atoms with van der Waals surface area (Å²) in [5.74, 6) is 1.13. The topological polar surface area (TPSA) is 111 Å². The zero-order valence-corrected chi connectivity index (χ0v) is 18.3. The van der Waals surface area contributed by atoms with Crippen LogP contribution in [0.5, 0.6) is 11.5 Å². The largest absolute Gasteiger partial charge is 0.496 e. The number of aliphatic hydroxyl groups is 1. The number of hydrogen-bond acceptors (Lipinski definition) is 6. The van der Waals surface area contributed by atoms with Crippen LogP contribution in [0.15, 0.2) is 36.4 Å². The van der Waals surface area contributed by atoms with Crippen molar-refractivity contribution in [3.05, 3.63) is 53.1 Å². The first-order valence-electron chi connectivity index (χ1n) is 10.7. The van der Waals surface area contributed by atoms with Crippen LogP contribution in [0.25, 0.3) is 0 Å². The van der Waals surface area contributed by atoms with Crippen molar-refractivity contribution in [3.8, 4) is 11.5 Å². The minimum Gasteiger partial charge on any atom is -0.496 e. The number of β-amino-alcohol motifs (C(OH)–C–C–N with tert-alkyl or cyclic N) is 1. The van der Waals surface area contributed by atoms with Crippen LogP contribution in [-0.2, 0) is 6.42 Å². The van der Waals surface area contributed by atoms with Crippen molar-refractivity contribution < 1.29 is 19.4 Å². The minimum absolute atomic E-state index is 0.279. The number of carbonyl (C=O) groups is 1. The SMILES string of the molecule is COc1cc(N)c(CC2CCN(CC(O)COc3ccc(C)cc3)CC2)cc1C(N)=O. The van der Waals surface area contributed by atoms with Gasteiger partial charge in [-0.1, -0.05) is 17.7 Å². The predicted octanol–water partition coefficient (Wildman–Crippen LogP) is 2.38. The summed E-state index contributed by atoms with van der Waals surface area (Å²) < 4.78 is 10.9. The third kappa shape index (κ3) is 6.35. The molecule has 7 nitrogen and oxygen atoms in total. The number of amides is 1. The van der Waals surface area contributed by atoms with Gasteiger partial charge in [-0.3, -0.25) is 4.79 Å². The van der Waals surface area contributed by atoms with E-state index in [9.17, 15) is 9.90 Å². The van der Waals surface area contributed by atoms with Gasteiger partial charge in [0.1, 0.15) is 24.2 Å². The highest BCUT2D eigenvalue weighted by Crippen LogP contribution is 2.30. The van der Waals surface area contributed by atoms with Crippen molar-refractivity contribution in [1.29, 1.82) is 0 Å². The van der Waals surface area contributed by atoms with Crippen LogP contribution in [0.2, 0.25) is 0 Å². The Kier molecular flexibility index (Phi) is 7.76. The van der Waals surface area contributed by atoms with Gasteiger partial charge in [0.2, 0.25) is 0 Å². The first kappa shape index (κ1) is 22.9. The maximum Gasteiger partial charge on any atom is 0.252 e. The molecule has 2 aromatic rings. The van der Waals surface area contributed by atoms with E-state index in [1.807, 2.05) is 31.2 Å². The number of piperidine rings is 1. The molecule has 0 saturated carbocycles. The normalized spacial score (nSPS) is 16.1. The number of nitrogen functional groups attached to an aromatic ring is 1. The third-order valence-electron chi connectivity index (χ3n) is 5.87. The number of hydrogen-bond donors (Lipinski definition) is 3. The van der Waals surface area contributed by atoms with Gasteiger partial charge >= 0.3 is 0 Å². The van der Waals surface area contributed by atoms with Crippen molar-refractivity contribution in [2.75, 3.05) is 39.1 Å². The smallest absolute Gasteiger partial charge is 0.252 e. The second kappa shape index (κ2) is 10.5. The van der Waals surface area contributed by atoms with Crippen LogP contribution in [0.1, 0.15) is 34.3 Å². The zero-order valence-electron chi connectivity index (χ0n) is 18.3. The number of nitrogens with zero attached hydrogens (tertiary/aromatic N) is 1. The highest BCUT2D eigenvalue weighted by molar-refractivity contribution is 5.96. The molecule has 3 rings (SSSR count). The summed E-state index contributed by atoms with van der Waals surface area (Å²) in [7, 11) is 1.50. The predicted molar refractivity (Wildman–Crippen MR) is 121 cm³/mol. The number of benzene rings is 2. The monoisotopic (exact) mass is 427 g/mol. The van der Waals surface area contributed by atoms with E-state index in [0.29, 0.717) is 29.5 Å². The fourth-order valence-corrected chi connectivity index (χ4v) is 4.04. The molecule has 1 fully saturated rings. The van der Waals surface area contributed by atoms with Gasteiger partial charge in [-0.05, 0) is 69.0 Å². The van der Waals surface area contributed by atoms with E-state index in [2.05, 4.69) is 4.90 Å². The molecule has 0 radical (unpaired) electrons. The van der Waals surface area contributed by atoms with E-state index >= 15 is 0 Å². The van der Waals surface area contributed by atoms with Gasteiger partial charge in [-0.2, -0.15) is 0 Å². The number of nitrogens with two attached hydrogens (primary N) is 2. The average Bonchev–Trinajstić information content (AvgIpc) is 2.75. The first-order valence-corrected chi connectivity index (χ1v) is 10.7. The molecule has 5 N–H and O–H groups in total. The molecule has 1 saturated heterocycles. The van der Waals surface area contributed by atoms with Gasteiger partial charge in [0.25, 0.3) is 5.91 Å². The Hall–Kier alpha value is -2.77. The van der Waals surface area contributed by atoms with E-state index < -0.39 is 12.0 Å². The summed E-state index contributed by atoms with van der Waals surface area (Å²) in [6.45, 7) is 4.72. The van der Waals surface area contributed by atoms with Gasteiger partial charge in [-0.15, -0.1) is 0 Å². The molecule has 31 heavy (non-hydrogen) atoms. The van der Waals surface area contributed by atoms with Crippen molar-refractivity contribution >= 4 is 11.6 Å². The van der Waals surface area contributed by atoms with Gasteiger partial charge in [0, 0.05) is 18.3 Å². The van der Waals surface area contributed by atoms with E-state index in [-0.39, 0.29) is 6.61 Å². The average molecular weight is 428 g/mol. The summed E-state index contributed by atoms with van der Waals surface area (Å²) in [6, 6.07) is 11.3. The standard InChI is InChI=1S/C24H33N3O4/c1-16-3-5-20(6-4-16)31-15-19(28)14-27-9-7-17(8-10-27)11-18-12-21(24(26)29)23(30-2)13-22(18)25/h3-6,12-13,17,19,28H,7-11,14-15,25H2,1-2H3,(H2,26,29). The molecule has 1 amide bonds. The number of ether oxygens (including phenoxy) is 2. The Bertz CT molecular complexity index is 877. The molecule has 1 heterocycles. The second-order valence-corrected chi connectivity index (χ2v) is 8.34. The quantitative estimate of drug-likeness (QED) is 0.530. The minimum atomic E-state index is -0.534. The van der Waals surface area contributed by atoms with Gasteiger partial charge < -0.3 is 30.9 Å². The van der Waals surface area contributed by atoms with Crippen molar-refractivity contribution in [2.24, 2.45) is 11.7 Å². The van der Waals surface area contributed by atoms with Gasteiger partial charge in [0.05, 0.1) is 12.7 Å². The number of aliphatic hydroxyl groups excluding tert-OH is 1. The van der Waals surface area contributed by atoms with Crippen LogP contribution in [-0.4, -0.2) is 55.4 Å². The fraction of sp³-hybridized carbons (Fsp3) is 0.458. The molecule has 0 bridgehead atoms. The molecule has 0 aliphatic carbocycles. The Morgan fingerprint density at radius 1 is 1.23 bits per heavy atom. The van der Waals surface area contributed by atoms with Crippen LogP contribution in [0.4, 0.5) is 5.69 Å². The first-order chi connectivity index (χ1) is 14.9. The van der Waals surface area contributed by atoms with Crippen LogP contribution >= 0.6 is 0 Å². The summed E-state index contributed by atoms with van der Waals surface area (Å²) in [4.78, 5) is 14.0. The summed E-state index contributed by atoms with van der Waals surface area (Å²) in [6.07, 6.45) is 2.27. The maximum absolute atomic E-state index is 11.7. The van der Waals surface area contributed by atoms with Gasteiger partial charge in [-0.25, -0.2) is 0 Å². The second-order valence-electron chi connectivity index (χ2n) is 8.34. The Morgan fingerprint density at radius 3 is 2.52 bits per heavy atom. The lowest BCUT2D eigenvalue weighted by atomic mass is 9.88. The summed E-state index contributed by atoms with van der Waals surface area (Å²) in [5, 5.41) is 10.3. The zero-order chi connectivity index (χ0) is 22.4. The lowest BCUT2D eigenvalue weighted by Crippen LogP contribution is -2.41. The van der Waals surface area contributed by atoms with Gasteiger partial charge in [0.15, 0.2) is 0 Å². The van der Waals surface area contributed by atoms with E-state index in [1.54, 1.807) is 12.1 Å². The Labute approximate surface area is 183 Å². The molecular weight excluding hydrogens is 394 g/mol. The molecule has 1 aliphatic heterocycles. The number of rotatable bonds is 9. The third-order valence-corrected chi connectivity index (χ3v) is 5.87. The Balaban J connectivity index is 1.47. The lowest BCUT2D eigenvalue weighted by Gasteiger charge is -2.33. The Morgan fingerprint density at radius 2 is 1.90 bits per heavy atom. The fourth-order valence-electron chi connectivity index (χ4n) is 4.04. The molecule has 0 aromatic heterocycles. The van der Waals surface area contributed by atoms with Crippen LogP contribution in [0, 0.1) is 12.8 Å². The molecule has 2 aromatic carbocycles. The molecule has 1 atom stereocenters. The van der Waals surface area contributed by atoms with Crippen molar-refractivity contribution in [1.82, 2.24) is 4.90 Å². The number of carbonyl (C=O) groups excluding carboxylic acids is 1. The number of primary amides is 1. The lowest BCUT2D eigenvalue weighted by molar-refractivity contribution is 0.0551. The maximum atomic E-state index is 11.7. The van der Waals surface area contributed by atoms with Crippen LogP contribution in [0.3, 0.4) is 0 Å². The summed E-state index contributed by atoms with van der Waals surface area (Å²) in [5.41, 5.74) is 14.7. The van der Waals surface area contributed by atoms with E-state index in [4.69, 9.17) is 20.9 Å². The molecule has 168 valence electrons. The highest BCUT2D eigenvalue weighted by atomic mass is 16.5. The molecule has 1 aliphatic rings. The van der Waals surface area contributed by atoms with E-state index in [1.165, 1.54) is 12.7 Å². The molecule has 7 heteroatoms. The van der Waals surface area contributed by atoms with Crippen LogP contribution < -0.4 is 20.9 Å². The molecule has 1 unspecified atom stereocenters. The highest BCUT2D eigenvalue weighted by Gasteiger charge is 2.23. The molecule has 0 spiro atoms. The van der Waals surface area contributed by atoms with E-state index in [0.717, 1.165) is 43.7 Å². The van der Waals surface area contributed by atoms with Crippen molar-refractivity contribution in [2.45, 2.75) is 32.3 Å². The molecular formula is C24H33N3O4. The number of likely N-dealkylation sites (tertiary alicyclic amines) is 1.